The highest BCUT2D eigenvalue weighted by Crippen LogP contribution is 2.10. The van der Waals surface area contributed by atoms with Crippen molar-refractivity contribution in [3.63, 3.8) is 0 Å². The van der Waals surface area contributed by atoms with Crippen LogP contribution >= 0.6 is 24.0 Å². The molecule has 2 rings (SSSR count). The van der Waals surface area contributed by atoms with Gasteiger partial charge >= 0.3 is 0 Å². The van der Waals surface area contributed by atoms with Crippen LogP contribution in [0.5, 0.6) is 5.75 Å². The topological polar surface area (TPSA) is 45.7 Å². The molecule has 130 valence electrons. The van der Waals surface area contributed by atoms with Crippen molar-refractivity contribution in [3.8, 4) is 5.75 Å². The SMILES string of the molecule is CN=C(NCCc1ccccc1F)NCc1ccc(OC)cc1.I. The number of guanidine groups is 1. The number of benzene rings is 2. The molecule has 2 N–H and O–H groups in total. The third kappa shape index (κ3) is 6.35. The Bertz CT molecular complexity index is 647. The Morgan fingerprint density at radius 1 is 1.08 bits per heavy atom. The Morgan fingerprint density at radius 3 is 2.42 bits per heavy atom. The molecule has 0 bridgehead atoms. The van der Waals surface area contributed by atoms with Gasteiger partial charge in [0.1, 0.15) is 11.6 Å². The van der Waals surface area contributed by atoms with Crippen LogP contribution in [-0.4, -0.2) is 26.7 Å². The van der Waals surface area contributed by atoms with E-state index in [1.165, 1.54) is 6.07 Å². The van der Waals surface area contributed by atoms with Crippen molar-refractivity contribution in [2.75, 3.05) is 20.7 Å². The lowest BCUT2D eigenvalue weighted by atomic mass is 10.1. The lowest BCUT2D eigenvalue weighted by Crippen LogP contribution is -2.37. The summed E-state index contributed by atoms with van der Waals surface area (Å²) in [6, 6.07) is 14.7. The molecule has 2 aromatic carbocycles. The van der Waals surface area contributed by atoms with E-state index in [2.05, 4.69) is 15.6 Å². The lowest BCUT2D eigenvalue weighted by molar-refractivity contribution is 0.414. The number of aliphatic imine (C=N–C) groups is 1. The normalized spacial score (nSPS) is 10.7. The predicted octanol–water partition coefficient (Wildman–Crippen LogP) is 3.36. The van der Waals surface area contributed by atoms with Crippen molar-refractivity contribution < 1.29 is 9.13 Å². The summed E-state index contributed by atoms with van der Waals surface area (Å²) in [6.45, 7) is 1.27. The van der Waals surface area contributed by atoms with E-state index >= 15 is 0 Å². The first-order valence-electron chi connectivity index (χ1n) is 7.54. The van der Waals surface area contributed by atoms with E-state index in [0.717, 1.165) is 11.3 Å². The fourth-order valence-corrected chi connectivity index (χ4v) is 2.17. The third-order valence-electron chi connectivity index (χ3n) is 3.49. The highest BCUT2D eigenvalue weighted by Gasteiger charge is 2.02. The van der Waals surface area contributed by atoms with Crippen molar-refractivity contribution in [2.24, 2.45) is 4.99 Å². The van der Waals surface area contributed by atoms with E-state index in [1.807, 2.05) is 30.3 Å². The van der Waals surface area contributed by atoms with Gasteiger partial charge in [0, 0.05) is 20.1 Å². The average molecular weight is 443 g/mol. The van der Waals surface area contributed by atoms with Crippen molar-refractivity contribution in [2.45, 2.75) is 13.0 Å². The molecule has 0 saturated carbocycles. The van der Waals surface area contributed by atoms with Crippen LogP contribution in [0.25, 0.3) is 0 Å². The van der Waals surface area contributed by atoms with Gasteiger partial charge in [-0.3, -0.25) is 4.99 Å². The van der Waals surface area contributed by atoms with Crippen LogP contribution in [0.2, 0.25) is 0 Å². The zero-order valence-electron chi connectivity index (χ0n) is 13.9. The van der Waals surface area contributed by atoms with Gasteiger partial charge in [-0.2, -0.15) is 0 Å². The molecule has 0 aliphatic rings. The molecule has 0 unspecified atom stereocenters. The quantitative estimate of drug-likeness (QED) is 0.409. The molecular weight excluding hydrogens is 420 g/mol. The zero-order valence-corrected chi connectivity index (χ0v) is 16.2. The Hall–Kier alpha value is -1.83. The second kappa shape index (κ2) is 10.9. The summed E-state index contributed by atoms with van der Waals surface area (Å²) < 4.78 is 18.7. The molecule has 4 nitrogen and oxygen atoms in total. The summed E-state index contributed by atoms with van der Waals surface area (Å²) in [7, 11) is 3.36. The van der Waals surface area contributed by atoms with Crippen LogP contribution in [0.1, 0.15) is 11.1 Å². The van der Waals surface area contributed by atoms with E-state index < -0.39 is 0 Å². The van der Waals surface area contributed by atoms with Crippen LogP contribution in [0.4, 0.5) is 4.39 Å². The van der Waals surface area contributed by atoms with Gasteiger partial charge in [-0.05, 0) is 35.7 Å². The minimum absolute atomic E-state index is 0. The van der Waals surface area contributed by atoms with Gasteiger partial charge in [0.05, 0.1) is 7.11 Å². The number of nitrogens with one attached hydrogen (secondary N) is 2. The fraction of sp³-hybridized carbons (Fsp3) is 0.278. The second-order valence-electron chi connectivity index (χ2n) is 5.04. The summed E-state index contributed by atoms with van der Waals surface area (Å²) in [5.74, 6) is 1.36. The van der Waals surface area contributed by atoms with Gasteiger partial charge in [-0.1, -0.05) is 30.3 Å². The van der Waals surface area contributed by atoms with Crippen LogP contribution < -0.4 is 15.4 Å². The van der Waals surface area contributed by atoms with Gasteiger partial charge in [0.15, 0.2) is 5.96 Å². The Morgan fingerprint density at radius 2 is 1.79 bits per heavy atom. The number of halogens is 2. The molecule has 0 radical (unpaired) electrons. The second-order valence-corrected chi connectivity index (χ2v) is 5.04. The number of rotatable bonds is 6. The van der Waals surface area contributed by atoms with Crippen molar-refractivity contribution in [1.29, 1.82) is 0 Å². The maximum Gasteiger partial charge on any atom is 0.191 e. The monoisotopic (exact) mass is 443 g/mol. The Labute approximate surface area is 159 Å². The molecule has 0 saturated heterocycles. The lowest BCUT2D eigenvalue weighted by Gasteiger charge is -2.12. The number of hydrogen-bond acceptors (Lipinski definition) is 2. The number of nitrogens with zero attached hydrogens (tertiary/aromatic N) is 1. The highest BCUT2D eigenvalue weighted by molar-refractivity contribution is 14.0. The molecule has 0 heterocycles. The van der Waals surface area contributed by atoms with E-state index in [-0.39, 0.29) is 29.8 Å². The minimum Gasteiger partial charge on any atom is -0.497 e. The van der Waals surface area contributed by atoms with Crippen molar-refractivity contribution in [1.82, 2.24) is 10.6 Å². The first kappa shape index (κ1) is 20.2. The van der Waals surface area contributed by atoms with E-state index in [4.69, 9.17) is 4.74 Å². The minimum atomic E-state index is -0.171. The largest absolute Gasteiger partial charge is 0.497 e. The summed E-state index contributed by atoms with van der Waals surface area (Å²) in [5.41, 5.74) is 1.83. The molecule has 0 amide bonds. The number of ether oxygens (including phenoxy) is 1. The molecule has 0 spiro atoms. The predicted molar refractivity (Wildman–Crippen MR) is 107 cm³/mol. The van der Waals surface area contributed by atoms with Crippen LogP contribution in [0.3, 0.4) is 0 Å². The van der Waals surface area contributed by atoms with Gasteiger partial charge in [-0.15, -0.1) is 24.0 Å². The van der Waals surface area contributed by atoms with Gasteiger partial charge in [0.25, 0.3) is 0 Å². The first-order chi connectivity index (χ1) is 11.2. The Kier molecular flexibility index (Phi) is 9.14. The summed E-state index contributed by atoms with van der Waals surface area (Å²) in [5, 5.41) is 6.41. The summed E-state index contributed by atoms with van der Waals surface area (Å²) >= 11 is 0. The number of hydrogen-bond donors (Lipinski definition) is 2. The average Bonchev–Trinajstić information content (AvgIpc) is 2.60. The maximum atomic E-state index is 13.5. The zero-order chi connectivity index (χ0) is 16.5. The molecule has 24 heavy (non-hydrogen) atoms. The molecule has 6 heteroatoms. The third-order valence-corrected chi connectivity index (χ3v) is 3.49. The number of methoxy groups -OCH3 is 1. The van der Waals surface area contributed by atoms with Crippen LogP contribution in [-0.2, 0) is 13.0 Å². The standard InChI is InChI=1S/C18H22FN3O.HI/c1-20-18(21-12-11-15-5-3-4-6-17(15)19)22-13-14-7-9-16(23-2)10-8-14;/h3-10H,11-13H2,1-2H3,(H2,20,21,22);1H. The fourth-order valence-electron chi connectivity index (χ4n) is 2.17. The van der Waals surface area contributed by atoms with Crippen LogP contribution in [0, 0.1) is 5.82 Å². The molecule has 0 aliphatic carbocycles. The van der Waals surface area contributed by atoms with E-state index in [9.17, 15) is 4.39 Å². The van der Waals surface area contributed by atoms with E-state index in [0.29, 0.717) is 31.0 Å². The molecule has 0 fully saturated rings. The summed E-state index contributed by atoms with van der Waals surface area (Å²) in [6.07, 6.45) is 0.607. The van der Waals surface area contributed by atoms with Gasteiger partial charge in [-0.25, -0.2) is 4.39 Å². The van der Waals surface area contributed by atoms with Crippen molar-refractivity contribution >= 4 is 29.9 Å². The van der Waals surface area contributed by atoms with Crippen molar-refractivity contribution in [3.05, 3.63) is 65.5 Å². The van der Waals surface area contributed by atoms with E-state index in [1.54, 1.807) is 26.3 Å². The van der Waals surface area contributed by atoms with Gasteiger partial charge in [0.2, 0.25) is 0 Å². The molecule has 0 atom stereocenters. The maximum absolute atomic E-state index is 13.5. The summed E-state index contributed by atoms with van der Waals surface area (Å²) in [4.78, 5) is 4.17. The first-order valence-corrected chi connectivity index (χ1v) is 7.54. The Balaban J connectivity index is 0.00000288. The molecule has 2 aromatic rings. The molecule has 0 aliphatic heterocycles. The smallest absolute Gasteiger partial charge is 0.191 e. The molecule has 0 aromatic heterocycles. The van der Waals surface area contributed by atoms with Crippen LogP contribution in [0.15, 0.2) is 53.5 Å². The van der Waals surface area contributed by atoms with Gasteiger partial charge < -0.3 is 15.4 Å². The highest BCUT2D eigenvalue weighted by atomic mass is 127. The molecular formula is C18H23FIN3O.